The third-order valence-electron chi connectivity index (χ3n) is 11.2. The van der Waals surface area contributed by atoms with E-state index in [-0.39, 0.29) is 38.5 Å². The molecule has 4 bridgehead atoms. The Morgan fingerprint density at radius 1 is 0.818 bits per heavy atom. The molecule has 3 nitrogen and oxygen atoms in total. The summed E-state index contributed by atoms with van der Waals surface area (Å²) in [6, 6.07) is 1.99. The van der Waals surface area contributed by atoms with Gasteiger partial charge in [0.05, 0.1) is 23.7 Å². The summed E-state index contributed by atoms with van der Waals surface area (Å²) in [6.45, 7) is 5.43. The number of rotatable bonds is 9. The predicted molar refractivity (Wildman–Crippen MR) is 132 cm³/mol. The van der Waals surface area contributed by atoms with Crippen LogP contribution in [-0.4, -0.2) is 47.6 Å². The highest BCUT2D eigenvalue weighted by atomic mass is 19.4. The van der Waals surface area contributed by atoms with Gasteiger partial charge in [-0.2, -0.15) is 57.9 Å². The first kappa shape index (κ1) is 35.4. The lowest BCUT2D eigenvalue weighted by Crippen LogP contribution is -2.77. The minimum absolute atomic E-state index is 0.0851. The van der Waals surface area contributed by atoms with E-state index in [2.05, 4.69) is 0 Å². The Hall–Kier alpha value is -1.43. The minimum atomic E-state index is -6.82. The number of halogens is 12. The maximum absolute atomic E-state index is 15.3. The third kappa shape index (κ3) is 5.10. The van der Waals surface area contributed by atoms with Crippen molar-refractivity contribution in [1.82, 2.24) is 0 Å². The van der Waals surface area contributed by atoms with Crippen molar-refractivity contribution in [2.24, 2.45) is 40.9 Å². The Bertz CT molecular complexity index is 1090. The van der Waals surface area contributed by atoms with E-state index < -0.39 is 101 Å². The van der Waals surface area contributed by atoms with E-state index in [0.717, 1.165) is 6.92 Å². The van der Waals surface area contributed by atoms with E-state index in [1.807, 2.05) is 6.07 Å². The topological polar surface area (TPSA) is 42.2 Å². The standard InChI is InChI=1S/C29H37F12NO2/c1-5-17(13-22(3,12-15(2)14-42)21-16-6-7-20(10-16)25(30,31)43-21)23(4)18-8-9-19(11-18)24(44-23,26(32,33)28(36,37)38)27(34,35)29(39,40)41/h15-21H,5-13H2,1-4H3. The van der Waals surface area contributed by atoms with Crippen LogP contribution in [0, 0.1) is 52.3 Å². The molecule has 15 heteroatoms. The molecule has 2 saturated heterocycles. The molecule has 0 radical (unpaired) electrons. The number of nitrogens with zero attached hydrogens (tertiary/aromatic N) is 1. The van der Waals surface area contributed by atoms with Gasteiger partial charge in [0.25, 0.3) is 0 Å². The first-order chi connectivity index (χ1) is 19.8. The van der Waals surface area contributed by atoms with Gasteiger partial charge in [0, 0.05) is 11.8 Å². The van der Waals surface area contributed by atoms with Crippen molar-refractivity contribution in [1.29, 1.82) is 5.26 Å². The van der Waals surface area contributed by atoms with Crippen LogP contribution < -0.4 is 0 Å². The summed E-state index contributed by atoms with van der Waals surface area (Å²) in [5.41, 5.74) is -9.06. The lowest BCUT2D eigenvalue weighted by atomic mass is 9.60. The molecule has 4 rings (SSSR count). The second-order valence-corrected chi connectivity index (χ2v) is 13.9. The van der Waals surface area contributed by atoms with E-state index in [9.17, 15) is 40.4 Å². The SMILES string of the molecule is CCC(CC(C)(CC(C)C#N)C1OC(F)(F)C2CCC1C2)C1(C)OC(C(F)(F)C(F)(F)F)(C(F)(F)C(F)(F)F)C2CCC1C2. The molecule has 254 valence electrons. The number of fused-ring (bicyclic) bond motifs is 4. The fourth-order valence-electron chi connectivity index (χ4n) is 9.11. The van der Waals surface area contributed by atoms with Crippen LogP contribution in [0.5, 0.6) is 0 Å². The average Bonchev–Trinajstić information content (AvgIpc) is 3.54. The van der Waals surface area contributed by atoms with Crippen LogP contribution in [0.25, 0.3) is 0 Å². The highest BCUT2D eigenvalue weighted by Crippen LogP contribution is 2.69. The molecule has 0 aromatic rings. The Kier molecular flexibility index (Phi) is 8.70. The number of nitriles is 1. The van der Waals surface area contributed by atoms with Gasteiger partial charge in [-0.15, -0.1) is 0 Å². The first-order valence-electron chi connectivity index (χ1n) is 14.9. The molecule has 0 aromatic carbocycles. The number of alkyl halides is 12. The molecule has 9 unspecified atom stereocenters. The maximum Gasteiger partial charge on any atom is 0.456 e. The van der Waals surface area contributed by atoms with Crippen molar-refractivity contribution >= 4 is 0 Å². The fourth-order valence-corrected chi connectivity index (χ4v) is 9.11. The first-order valence-corrected chi connectivity index (χ1v) is 14.9. The molecule has 44 heavy (non-hydrogen) atoms. The zero-order valence-corrected chi connectivity index (χ0v) is 24.7. The van der Waals surface area contributed by atoms with Crippen molar-refractivity contribution in [3.63, 3.8) is 0 Å². The van der Waals surface area contributed by atoms with E-state index in [4.69, 9.17) is 9.47 Å². The lowest BCUT2D eigenvalue weighted by molar-refractivity contribution is -0.467. The second kappa shape index (κ2) is 10.8. The Balaban J connectivity index is 1.85. The van der Waals surface area contributed by atoms with Crippen LogP contribution in [0.2, 0.25) is 0 Å². The zero-order valence-electron chi connectivity index (χ0n) is 24.7. The smallest absolute Gasteiger partial charge is 0.355 e. The number of hydrogen-bond acceptors (Lipinski definition) is 3. The highest BCUT2D eigenvalue weighted by Gasteiger charge is 2.90. The quantitative estimate of drug-likeness (QED) is 0.232. The van der Waals surface area contributed by atoms with Gasteiger partial charge in [-0.1, -0.05) is 20.3 Å². The van der Waals surface area contributed by atoms with Gasteiger partial charge in [-0.05, 0) is 88.4 Å². The van der Waals surface area contributed by atoms with Gasteiger partial charge in [-0.25, -0.2) is 0 Å². The van der Waals surface area contributed by atoms with Crippen LogP contribution in [0.1, 0.15) is 85.5 Å². The lowest BCUT2D eigenvalue weighted by Gasteiger charge is -2.59. The van der Waals surface area contributed by atoms with Crippen molar-refractivity contribution in [2.45, 2.75) is 133 Å². The van der Waals surface area contributed by atoms with Crippen molar-refractivity contribution < 1.29 is 62.2 Å². The number of hydrogen-bond donors (Lipinski definition) is 0. The molecular weight excluding hydrogens is 622 g/mol. The van der Waals surface area contributed by atoms with E-state index in [0.29, 0.717) is 6.42 Å². The van der Waals surface area contributed by atoms with Gasteiger partial charge in [0.15, 0.2) is 0 Å². The summed E-state index contributed by atoms with van der Waals surface area (Å²) in [5, 5.41) is 9.56. The summed E-state index contributed by atoms with van der Waals surface area (Å²) >= 11 is 0. The van der Waals surface area contributed by atoms with Gasteiger partial charge in [0.2, 0.25) is 5.60 Å². The fraction of sp³-hybridized carbons (Fsp3) is 0.966. The average molecular weight is 660 g/mol. The van der Waals surface area contributed by atoms with Gasteiger partial charge in [0.1, 0.15) is 0 Å². The Morgan fingerprint density at radius 2 is 1.34 bits per heavy atom. The molecule has 0 aromatic heterocycles. The van der Waals surface area contributed by atoms with Crippen LogP contribution in [0.3, 0.4) is 0 Å². The molecule has 2 aliphatic carbocycles. The third-order valence-corrected chi connectivity index (χ3v) is 11.2. The van der Waals surface area contributed by atoms with Crippen LogP contribution in [-0.2, 0) is 9.47 Å². The number of ether oxygens (including phenoxy) is 2. The molecule has 9 atom stereocenters. The molecule has 0 amide bonds. The monoisotopic (exact) mass is 659 g/mol. The normalized spacial score (nSPS) is 36.4. The van der Waals surface area contributed by atoms with Gasteiger partial charge in [-0.3, -0.25) is 0 Å². The van der Waals surface area contributed by atoms with Gasteiger partial charge < -0.3 is 9.47 Å². The molecule has 2 saturated carbocycles. The molecular formula is C29H37F12NO2. The Labute approximate surface area is 248 Å². The summed E-state index contributed by atoms with van der Waals surface area (Å²) in [4.78, 5) is 0. The van der Waals surface area contributed by atoms with Crippen LogP contribution >= 0.6 is 0 Å². The summed E-state index contributed by atoms with van der Waals surface area (Å²) in [6.07, 6.45) is -20.2. The van der Waals surface area contributed by atoms with Crippen LogP contribution in [0.15, 0.2) is 0 Å². The predicted octanol–water partition coefficient (Wildman–Crippen LogP) is 9.71. The Morgan fingerprint density at radius 3 is 1.84 bits per heavy atom. The largest absolute Gasteiger partial charge is 0.456 e. The van der Waals surface area contributed by atoms with E-state index in [1.54, 1.807) is 0 Å². The molecule has 0 spiro atoms. The summed E-state index contributed by atoms with van der Waals surface area (Å²) in [5.74, 6) is -20.2. The molecule has 2 aliphatic heterocycles. The molecule has 0 N–H and O–H groups in total. The summed E-state index contributed by atoms with van der Waals surface area (Å²) < 4.78 is 185. The molecule has 2 heterocycles. The van der Waals surface area contributed by atoms with E-state index in [1.165, 1.54) is 20.8 Å². The van der Waals surface area contributed by atoms with E-state index >= 15 is 17.6 Å². The van der Waals surface area contributed by atoms with Gasteiger partial charge >= 0.3 is 30.3 Å². The van der Waals surface area contributed by atoms with Crippen molar-refractivity contribution in [3.05, 3.63) is 0 Å². The second-order valence-electron chi connectivity index (χ2n) is 13.9. The molecule has 4 aliphatic rings. The molecule has 4 fully saturated rings. The van der Waals surface area contributed by atoms with Crippen LogP contribution in [0.4, 0.5) is 52.7 Å². The highest BCUT2D eigenvalue weighted by molar-refractivity contribution is 5.21. The maximum atomic E-state index is 15.3. The van der Waals surface area contributed by atoms with Crippen molar-refractivity contribution in [2.75, 3.05) is 0 Å². The summed E-state index contributed by atoms with van der Waals surface area (Å²) in [7, 11) is 0. The van der Waals surface area contributed by atoms with Crippen molar-refractivity contribution in [3.8, 4) is 6.07 Å². The minimum Gasteiger partial charge on any atom is -0.355 e. The zero-order chi connectivity index (χ0) is 33.5.